The molecule has 0 aliphatic carbocycles. The highest BCUT2D eigenvalue weighted by atomic mass is 35.5. The predicted octanol–water partition coefficient (Wildman–Crippen LogP) is 5.70. The second kappa shape index (κ2) is 10.1. The molecule has 1 unspecified atom stereocenters. The summed E-state index contributed by atoms with van der Waals surface area (Å²) in [7, 11) is 0. The SMILES string of the molecule is CC(OC(=O)CN(c1ccccc1)c1ccccc1)C(=O)Nc1cc(Cl)cc(Cl)c1. The van der Waals surface area contributed by atoms with Gasteiger partial charge in [-0.2, -0.15) is 0 Å². The van der Waals surface area contributed by atoms with Crippen molar-refractivity contribution in [2.24, 2.45) is 0 Å². The molecule has 0 radical (unpaired) electrons. The van der Waals surface area contributed by atoms with Crippen molar-refractivity contribution >= 4 is 52.1 Å². The van der Waals surface area contributed by atoms with Gasteiger partial charge in [-0.05, 0) is 49.4 Å². The summed E-state index contributed by atoms with van der Waals surface area (Å²) in [6.45, 7) is 1.46. The van der Waals surface area contributed by atoms with E-state index in [4.69, 9.17) is 27.9 Å². The second-order valence-electron chi connectivity index (χ2n) is 6.54. The highest BCUT2D eigenvalue weighted by molar-refractivity contribution is 6.35. The van der Waals surface area contributed by atoms with Crippen molar-refractivity contribution in [1.29, 1.82) is 0 Å². The molecule has 1 atom stereocenters. The predicted molar refractivity (Wildman–Crippen MR) is 121 cm³/mol. The number of halogens is 2. The number of amides is 1. The lowest BCUT2D eigenvalue weighted by Gasteiger charge is -2.24. The van der Waals surface area contributed by atoms with Crippen LogP contribution in [0.4, 0.5) is 17.1 Å². The molecule has 0 saturated heterocycles. The lowest BCUT2D eigenvalue weighted by Crippen LogP contribution is -2.34. The lowest BCUT2D eigenvalue weighted by atomic mass is 10.2. The molecule has 0 aromatic heterocycles. The number of esters is 1. The van der Waals surface area contributed by atoms with Gasteiger partial charge in [0.15, 0.2) is 6.10 Å². The third kappa shape index (κ3) is 5.99. The minimum absolute atomic E-state index is 0.0470. The van der Waals surface area contributed by atoms with Gasteiger partial charge >= 0.3 is 5.97 Å². The number of nitrogens with zero attached hydrogens (tertiary/aromatic N) is 1. The first-order valence-corrected chi connectivity index (χ1v) is 10.0. The van der Waals surface area contributed by atoms with Crippen LogP contribution in [-0.4, -0.2) is 24.5 Å². The van der Waals surface area contributed by atoms with Crippen molar-refractivity contribution in [3.63, 3.8) is 0 Å². The van der Waals surface area contributed by atoms with Gasteiger partial charge in [-0.1, -0.05) is 59.6 Å². The first-order valence-electron chi connectivity index (χ1n) is 9.26. The first-order chi connectivity index (χ1) is 14.4. The van der Waals surface area contributed by atoms with Crippen LogP contribution in [0.15, 0.2) is 78.9 Å². The fourth-order valence-corrected chi connectivity index (χ4v) is 3.36. The molecule has 154 valence electrons. The molecule has 7 heteroatoms. The molecule has 0 fully saturated rings. The zero-order valence-corrected chi connectivity index (χ0v) is 17.7. The topological polar surface area (TPSA) is 58.6 Å². The Morgan fingerprint density at radius 1 is 0.900 bits per heavy atom. The Labute approximate surface area is 185 Å². The summed E-state index contributed by atoms with van der Waals surface area (Å²) in [5, 5.41) is 3.43. The van der Waals surface area contributed by atoms with E-state index in [1.165, 1.54) is 6.92 Å². The van der Waals surface area contributed by atoms with Crippen LogP contribution in [0.25, 0.3) is 0 Å². The van der Waals surface area contributed by atoms with Crippen molar-refractivity contribution in [2.45, 2.75) is 13.0 Å². The van der Waals surface area contributed by atoms with Crippen molar-refractivity contribution < 1.29 is 14.3 Å². The maximum atomic E-state index is 12.6. The number of hydrogen-bond acceptors (Lipinski definition) is 4. The number of carbonyl (C=O) groups excluding carboxylic acids is 2. The molecule has 3 rings (SSSR count). The van der Waals surface area contributed by atoms with Crippen LogP contribution >= 0.6 is 23.2 Å². The van der Waals surface area contributed by atoms with E-state index in [1.807, 2.05) is 65.6 Å². The van der Waals surface area contributed by atoms with Crippen molar-refractivity contribution in [3.8, 4) is 0 Å². The number of para-hydroxylation sites is 2. The summed E-state index contributed by atoms with van der Waals surface area (Å²) in [4.78, 5) is 26.8. The lowest BCUT2D eigenvalue weighted by molar-refractivity contribution is -0.151. The van der Waals surface area contributed by atoms with Gasteiger partial charge in [0.1, 0.15) is 6.54 Å². The van der Waals surface area contributed by atoms with Crippen LogP contribution in [0, 0.1) is 0 Å². The standard InChI is InChI=1S/C23H20Cl2N2O3/c1-16(23(29)26-19-13-17(24)12-18(25)14-19)30-22(28)15-27(20-8-4-2-5-9-20)21-10-6-3-7-11-21/h2-14,16H,15H2,1H3,(H,26,29). The van der Waals surface area contributed by atoms with Gasteiger partial charge in [0.2, 0.25) is 0 Å². The molecule has 3 aromatic rings. The van der Waals surface area contributed by atoms with Gasteiger partial charge in [0, 0.05) is 27.1 Å². The molecule has 1 amide bonds. The van der Waals surface area contributed by atoms with E-state index in [0.717, 1.165) is 11.4 Å². The van der Waals surface area contributed by atoms with E-state index >= 15 is 0 Å². The molecule has 0 bridgehead atoms. The van der Waals surface area contributed by atoms with Crippen LogP contribution in [-0.2, 0) is 14.3 Å². The number of carbonyl (C=O) groups is 2. The molecule has 0 heterocycles. The van der Waals surface area contributed by atoms with Crippen LogP contribution in [0.5, 0.6) is 0 Å². The number of rotatable bonds is 7. The van der Waals surface area contributed by atoms with E-state index in [-0.39, 0.29) is 6.54 Å². The molecule has 30 heavy (non-hydrogen) atoms. The number of benzene rings is 3. The summed E-state index contributed by atoms with van der Waals surface area (Å²) in [6.07, 6.45) is -0.997. The van der Waals surface area contributed by atoms with Gasteiger partial charge in [-0.15, -0.1) is 0 Å². The molecule has 5 nitrogen and oxygen atoms in total. The van der Waals surface area contributed by atoms with Gasteiger partial charge in [-0.25, -0.2) is 0 Å². The molecule has 0 aliphatic rings. The molecule has 3 aromatic carbocycles. The van der Waals surface area contributed by atoms with E-state index in [2.05, 4.69) is 5.32 Å². The molecule has 1 N–H and O–H groups in total. The Balaban J connectivity index is 1.66. The number of hydrogen-bond donors (Lipinski definition) is 1. The summed E-state index contributed by atoms with van der Waals surface area (Å²) < 4.78 is 5.36. The van der Waals surface area contributed by atoms with Crippen molar-refractivity contribution in [2.75, 3.05) is 16.8 Å². The van der Waals surface area contributed by atoms with E-state index < -0.39 is 18.0 Å². The fourth-order valence-electron chi connectivity index (χ4n) is 2.83. The van der Waals surface area contributed by atoms with E-state index in [1.54, 1.807) is 18.2 Å². The summed E-state index contributed by atoms with van der Waals surface area (Å²) >= 11 is 11.9. The minimum Gasteiger partial charge on any atom is -0.451 e. The molecule has 0 aliphatic heterocycles. The van der Waals surface area contributed by atoms with Crippen LogP contribution in [0.1, 0.15) is 6.92 Å². The zero-order valence-electron chi connectivity index (χ0n) is 16.2. The smallest absolute Gasteiger partial charge is 0.326 e. The summed E-state index contributed by atoms with van der Waals surface area (Å²) in [5.74, 6) is -1.01. The fraction of sp³-hybridized carbons (Fsp3) is 0.130. The third-order valence-electron chi connectivity index (χ3n) is 4.23. The Morgan fingerprint density at radius 2 is 1.40 bits per heavy atom. The van der Waals surface area contributed by atoms with Crippen LogP contribution < -0.4 is 10.2 Å². The zero-order chi connectivity index (χ0) is 21.5. The Bertz CT molecular complexity index is 954. The van der Waals surface area contributed by atoms with Gasteiger partial charge < -0.3 is 15.0 Å². The minimum atomic E-state index is -0.997. The molecule has 0 saturated carbocycles. The quantitative estimate of drug-likeness (QED) is 0.476. The monoisotopic (exact) mass is 442 g/mol. The van der Waals surface area contributed by atoms with Gasteiger partial charge in [0.25, 0.3) is 5.91 Å². The Morgan fingerprint density at radius 3 is 1.90 bits per heavy atom. The largest absolute Gasteiger partial charge is 0.451 e. The number of nitrogens with one attached hydrogen (secondary N) is 1. The van der Waals surface area contributed by atoms with Crippen LogP contribution in [0.2, 0.25) is 10.0 Å². The second-order valence-corrected chi connectivity index (χ2v) is 7.41. The highest BCUT2D eigenvalue weighted by Gasteiger charge is 2.21. The summed E-state index contributed by atoms with van der Waals surface area (Å²) in [5.41, 5.74) is 2.10. The Hall–Kier alpha value is -3.02. The van der Waals surface area contributed by atoms with E-state index in [9.17, 15) is 9.59 Å². The van der Waals surface area contributed by atoms with Gasteiger partial charge in [-0.3, -0.25) is 9.59 Å². The summed E-state index contributed by atoms with van der Waals surface area (Å²) in [6, 6.07) is 23.7. The highest BCUT2D eigenvalue weighted by Crippen LogP contribution is 2.25. The number of ether oxygens (including phenoxy) is 1. The average Bonchev–Trinajstić information content (AvgIpc) is 2.72. The van der Waals surface area contributed by atoms with Gasteiger partial charge in [0.05, 0.1) is 0 Å². The molecular formula is C23H20Cl2N2O3. The maximum absolute atomic E-state index is 12.6. The van der Waals surface area contributed by atoms with Crippen molar-refractivity contribution in [3.05, 3.63) is 88.9 Å². The third-order valence-corrected chi connectivity index (χ3v) is 4.67. The molecule has 0 spiro atoms. The average molecular weight is 443 g/mol. The maximum Gasteiger partial charge on any atom is 0.326 e. The van der Waals surface area contributed by atoms with E-state index in [0.29, 0.717) is 15.7 Å². The van der Waals surface area contributed by atoms with Crippen molar-refractivity contribution in [1.82, 2.24) is 0 Å². The number of anilines is 3. The Kier molecular flexibility index (Phi) is 7.33. The normalized spacial score (nSPS) is 11.4. The molecular weight excluding hydrogens is 423 g/mol. The first kappa shape index (κ1) is 21.7. The van der Waals surface area contributed by atoms with Crippen LogP contribution in [0.3, 0.4) is 0 Å².